The molecule has 0 fully saturated rings. The Hall–Kier alpha value is -1.89. The molecule has 1 rings (SSSR count). The number of hydrogen-bond acceptors (Lipinski definition) is 1. The zero-order valence-corrected chi connectivity index (χ0v) is 15.1. The normalized spacial score (nSPS) is 7.86. The maximum atomic E-state index is 11.7. The van der Waals surface area contributed by atoms with E-state index in [0.717, 1.165) is 0 Å². The van der Waals surface area contributed by atoms with E-state index in [4.69, 9.17) is 0 Å². The molecule has 0 unspecified atom stereocenters. The molecule has 0 saturated heterocycles. The minimum atomic E-state index is 0.0260. The highest BCUT2D eigenvalue weighted by atomic mass is 16.1. The van der Waals surface area contributed by atoms with Crippen LogP contribution in [-0.4, -0.2) is 5.78 Å². The predicted octanol–water partition coefficient (Wildman–Crippen LogP) is 6.88. The van der Waals surface area contributed by atoms with E-state index in [1.807, 2.05) is 66.7 Å². The summed E-state index contributed by atoms with van der Waals surface area (Å²) in [7, 11) is 0. The molecular formula is C20H34O. The van der Waals surface area contributed by atoms with Crippen LogP contribution in [0.1, 0.15) is 58.8 Å². The lowest BCUT2D eigenvalue weighted by Gasteiger charge is -1.99. The first-order valence-corrected chi connectivity index (χ1v) is 7.68. The first-order valence-electron chi connectivity index (χ1n) is 7.68. The van der Waals surface area contributed by atoms with Crippen molar-refractivity contribution in [1.82, 2.24) is 0 Å². The molecule has 1 nitrogen and oxygen atoms in total. The molecule has 1 aromatic carbocycles. The molecule has 0 heterocycles. The zero-order valence-electron chi connectivity index (χ0n) is 15.1. The van der Waals surface area contributed by atoms with E-state index in [1.54, 1.807) is 24.3 Å². The molecule has 1 heteroatoms. The van der Waals surface area contributed by atoms with Crippen LogP contribution < -0.4 is 0 Å². The Morgan fingerprint density at radius 3 is 1.57 bits per heavy atom. The van der Waals surface area contributed by atoms with Gasteiger partial charge in [0.05, 0.1) is 0 Å². The van der Waals surface area contributed by atoms with Gasteiger partial charge in [-0.15, -0.1) is 13.2 Å². The summed E-state index contributed by atoms with van der Waals surface area (Å²) in [6.45, 7) is 23.4. The molecule has 0 bridgehead atoms. The Kier molecular flexibility index (Phi) is 34.8. The van der Waals surface area contributed by atoms with Gasteiger partial charge in [-0.1, -0.05) is 90.6 Å². The fraction of sp³-hybridized carbons (Fsp3) is 0.350. The van der Waals surface area contributed by atoms with Gasteiger partial charge in [-0.2, -0.15) is 0 Å². The van der Waals surface area contributed by atoms with Crippen molar-refractivity contribution < 1.29 is 4.79 Å². The lowest BCUT2D eigenvalue weighted by Crippen LogP contribution is -2.00. The van der Waals surface area contributed by atoms with E-state index in [-0.39, 0.29) is 5.78 Å². The highest BCUT2D eigenvalue weighted by Crippen LogP contribution is 2.08. The number of allylic oxidation sites excluding steroid dienone is 3. The van der Waals surface area contributed by atoms with E-state index in [0.29, 0.717) is 11.1 Å². The number of benzene rings is 1. The summed E-state index contributed by atoms with van der Waals surface area (Å²) < 4.78 is 0. The van der Waals surface area contributed by atoms with Crippen molar-refractivity contribution in [3.05, 3.63) is 73.4 Å². The molecule has 0 aliphatic carbocycles. The third-order valence-corrected chi connectivity index (χ3v) is 1.83. The molecule has 0 saturated carbocycles. The molecule has 0 radical (unpaired) electrons. The van der Waals surface area contributed by atoms with E-state index in [1.165, 1.54) is 0 Å². The highest BCUT2D eigenvalue weighted by Gasteiger charge is 2.06. The Balaban J connectivity index is -0.000000156. The fourth-order valence-electron chi connectivity index (χ4n) is 1.10. The summed E-state index contributed by atoms with van der Waals surface area (Å²) in [5.74, 6) is 0.0260. The summed E-state index contributed by atoms with van der Waals surface area (Å²) in [5.41, 5.74) is 1.35. The van der Waals surface area contributed by atoms with Crippen LogP contribution in [0.4, 0.5) is 0 Å². The minimum absolute atomic E-state index is 0.0260. The van der Waals surface area contributed by atoms with Crippen molar-refractivity contribution in [1.29, 1.82) is 0 Å². The maximum Gasteiger partial charge on any atom is 0.192 e. The average Bonchev–Trinajstić information content (AvgIpc) is 2.63. The quantitative estimate of drug-likeness (QED) is 0.256. The third-order valence-electron chi connectivity index (χ3n) is 1.83. The van der Waals surface area contributed by atoms with Crippen LogP contribution in [0.2, 0.25) is 0 Å². The van der Waals surface area contributed by atoms with Crippen LogP contribution in [0.3, 0.4) is 0 Å². The Labute approximate surface area is 133 Å². The molecule has 21 heavy (non-hydrogen) atoms. The second kappa shape index (κ2) is 26.6. The second-order valence-electron chi connectivity index (χ2n) is 2.64. The second-order valence-corrected chi connectivity index (χ2v) is 2.64. The molecule has 0 spiro atoms. The molecule has 0 atom stereocenters. The van der Waals surface area contributed by atoms with Gasteiger partial charge in [-0.3, -0.25) is 4.79 Å². The summed E-state index contributed by atoms with van der Waals surface area (Å²) in [6.07, 6.45) is 3.34. The molecule has 0 aromatic heterocycles. The number of ketones is 1. The van der Waals surface area contributed by atoms with Gasteiger partial charge in [0.25, 0.3) is 0 Å². The molecule has 120 valence electrons. The molecular weight excluding hydrogens is 256 g/mol. The van der Waals surface area contributed by atoms with Gasteiger partial charge < -0.3 is 0 Å². The van der Waals surface area contributed by atoms with Gasteiger partial charge in [0.2, 0.25) is 0 Å². The zero-order chi connectivity index (χ0) is 17.7. The largest absolute Gasteiger partial charge is 0.289 e. The number of rotatable bonds is 3. The summed E-state index contributed by atoms with van der Waals surface area (Å²) in [5, 5.41) is 0. The standard InChI is InChI=1S/C12H12O.3C2H6.C2H4/c1-3-10(4-2)12(13)11-8-6-5-7-9-11;4*1-2/h3-9H,1H2,2H3;3*1-2H3;1-2H2/b10-4+;;;;. The van der Waals surface area contributed by atoms with Gasteiger partial charge in [0.1, 0.15) is 0 Å². The van der Waals surface area contributed by atoms with E-state index in [2.05, 4.69) is 19.7 Å². The third kappa shape index (κ3) is 14.3. The van der Waals surface area contributed by atoms with Crippen LogP contribution in [-0.2, 0) is 0 Å². The lowest BCUT2D eigenvalue weighted by atomic mass is 10.0. The lowest BCUT2D eigenvalue weighted by molar-refractivity contribution is 0.103. The Morgan fingerprint density at radius 1 is 0.905 bits per heavy atom. The number of carbonyl (C=O) groups excluding carboxylic acids is 1. The maximum absolute atomic E-state index is 11.7. The topological polar surface area (TPSA) is 17.1 Å². The average molecular weight is 290 g/mol. The van der Waals surface area contributed by atoms with Crippen molar-refractivity contribution in [2.24, 2.45) is 0 Å². The molecule has 1 aromatic rings. The van der Waals surface area contributed by atoms with Gasteiger partial charge in [0.15, 0.2) is 5.78 Å². The Bertz CT molecular complexity index is 347. The van der Waals surface area contributed by atoms with Crippen LogP contribution in [0.15, 0.2) is 67.8 Å². The number of Topliss-reactive ketones (excluding diaryl/α,β-unsaturated/α-hetero) is 1. The van der Waals surface area contributed by atoms with Crippen LogP contribution in [0, 0.1) is 0 Å². The van der Waals surface area contributed by atoms with Crippen molar-refractivity contribution in [3.63, 3.8) is 0 Å². The van der Waals surface area contributed by atoms with Crippen molar-refractivity contribution in [2.75, 3.05) is 0 Å². The van der Waals surface area contributed by atoms with Gasteiger partial charge >= 0.3 is 0 Å². The number of hydrogen-bond donors (Lipinski definition) is 0. The molecule has 0 amide bonds. The summed E-state index contributed by atoms with van der Waals surface area (Å²) >= 11 is 0. The number of carbonyl (C=O) groups is 1. The van der Waals surface area contributed by atoms with Gasteiger partial charge in [-0.25, -0.2) is 0 Å². The predicted molar refractivity (Wildman–Crippen MR) is 100 cm³/mol. The van der Waals surface area contributed by atoms with Crippen LogP contribution in [0.25, 0.3) is 0 Å². The first-order chi connectivity index (χ1) is 10.3. The molecule has 0 aliphatic rings. The van der Waals surface area contributed by atoms with Crippen LogP contribution >= 0.6 is 0 Å². The molecule has 0 aliphatic heterocycles. The van der Waals surface area contributed by atoms with Crippen LogP contribution in [0.5, 0.6) is 0 Å². The van der Waals surface area contributed by atoms with E-state index >= 15 is 0 Å². The summed E-state index contributed by atoms with van der Waals surface area (Å²) in [4.78, 5) is 11.7. The Morgan fingerprint density at radius 2 is 1.29 bits per heavy atom. The smallest absolute Gasteiger partial charge is 0.192 e. The minimum Gasteiger partial charge on any atom is -0.289 e. The highest BCUT2D eigenvalue weighted by molar-refractivity contribution is 6.10. The van der Waals surface area contributed by atoms with E-state index < -0.39 is 0 Å². The van der Waals surface area contributed by atoms with Crippen molar-refractivity contribution >= 4 is 5.78 Å². The van der Waals surface area contributed by atoms with Gasteiger partial charge in [-0.05, 0) is 6.92 Å². The van der Waals surface area contributed by atoms with E-state index in [9.17, 15) is 4.79 Å². The first kappa shape index (κ1) is 27.5. The summed E-state index contributed by atoms with van der Waals surface area (Å²) in [6, 6.07) is 9.19. The van der Waals surface area contributed by atoms with Gasteiger partial charge in [0, 0.05) is 11.1 Å². The SMILES string of the molecule is C=C.C=C/C(=C\C)C(=O)c1ccccc1.CC.CC.CC. The monoisotopic (exact) mass is 290 g/mol. The fourth-order valence-corrected chi connectivity index (χ4v) is 1.10. The van der Waals surface area contributed by atoms with Crippen molar-refractivity contribution in [3.8, 4) is 0 Å². The molecule has 0 N–H and O–H groups in total. The van der Waals surface area contributed by atoms with Crippen molar-refractivity contribution in [2.45, 2.75) is 48.5 Å².